The Bertz CT molecular complexity index is 829. The van der Waals surface area contributed by atoms with Crippen LogP contribution in [0.25, 0.3) is 0 Å². The molecule has 0 aliphatic carbocycles. The van der Waals surface area contributed by atoms with E-state index in [1.54, 1.807) is 12.1 Å². The van der Waals surface area contributed by atoms with E-state index in [9.17, 15) is 4.79 Å². The molecule has 4 rings (SSSR count). The SMILES string of the molecule is Cc1nc(N2CCCC2)cc(N2CCN(C(=O)c3ccccc3Cl)CC2)n1. The molecular weight excluding hydrogens is 362 g/mol. The van der Waals surface area contributed by atoms with Gasteiger partial charge in [0.2, 0.25) is 0 Å². The summed E-state index contributed by atoms with van der Waals surface area (Å²) in [6.45, 7) is 6.91. The first-order valence-corrected chi connectivity index (χ1v) is 9.89. The van der Waals surface area contributed by atoms with Gasteiger partial charge in [0.05, 0.1) is 10.6 Å². The Kier molecular flexibility index (Phi) is 5.16. The molecule has 6 nitrogen and oxygen atoms in total. The largest absolute Gasteiger partial charge is 0.356 e. The fraction of sp³-hybridized carbons (Fsp3) is 0.450. The zero-order valence-electron chi connectivity index (χ0n) is 15.6. The van der Waals surface area contributed by atoms with Gasteiger partial charge in [-0.1, -0.05) is 23.7 Å². The maximum atomic E-state index is 12.7. The Morgan fingerprint density at radius 1 is 0.926 bits per heavy atom. The van der Waals surface area contributed by atoms with Gasteiger partial charge in [0.25, 0.3) is 5.91 Å². The Morgan fingerprint density at radius 2 is 1.52 bits per heavy atom. The first kappa shape index (κ1) is 18.0. The number of anilines is 2. The number of carbonyl (C=O) groups is 1. The van der Waals surface area contributed by atoms with Crippen molar-refractivity contribution in [2.75, 3.05) is 49.1 Å². The highest BCUT2D eigenvalue weighted by atomic mass is 35.5. The molecule has 1 aromatic carbocycles. The number of rotatable bonds is 3. The molecular formula is C20H24ClN5O. The lowest BCUT2D eigenvalue weighted by atomic mass is 10.2. The van der Waals surface area contributed by atoms with Gasteiger partial charge in [-0.3, -0.25) is 4.79 Å². The predicted octanol–water partition coefficient (Wildman–Crippen LogP) is 3.00. The van der Waals surface area contributed by atoms with Crippen molar-refractivity contribution in [1.29, 1.82) is 0 Å². The lowest BCUT2D eigenvalue weighted by Gasteiger charge is -2.36. The maximum Gasteiger partial charge on any atom is 0.255 e. The number of benzene rings is 1. The number of amides is 1. The molecule has 0 radical (unpaired) electrons. The number of nitrogens with zero attached hydrogens (tertiary/aromatic N) is 5. The third-order valence-electron chi connectivity index (χ3n) is 5.24. The van der Waals surface area contributed by atoms with Gasteiger partial charge in [-0.25, -0.2) is 9.97 Å². The molecule has 2 saturated heterocycles. The summed E-state index contributed by atoms with van der Waals surface area (Å²) in [5, 5.41) is 0.506. The van der Waals surface area contributed by atoms with E-state index < -0.39 is 0 Å². The van der Waals surface area contributed by atoms with Crippen LogP contribution in [0.4, 0.5) is 11.6 Å². The smallest absolute Gasteiger partial charge is 0.255 e. The van der Waals surface area contributed by atoms with Crippen LogP contribution in [-0.2, 0) is 0 Å². The first-order valence-electron chi connectivity index (χ1n) is 9.51. The van der Waals surface area contributed by atoms with Gasteiger partial charge < -0.3 is 14.7 Å². The molecule has 0 spiro atoms. The molecule has 2 aliphatic heterocycles. The van der Waals surface area contributed by atoms with Gasteiger partial charge >= 0.3 is 0 Å². The standard InChI is InChI=1S/C20H24ClN5O/c1-15-22-18(24-8-4-5-9-24)14-19(23-15)25-10-12-26(13-11-25)20(27)16-6-2-3-7-17(16)21/h2-3,6-7,14H,4-5,8-13H2,1H3. The van der Waals surface area contributed by atoms with Gasteiger partial charge in [-0.15, -0.1) is 0 Å². The van der Waals surface area contributed by atoms with E-state index in [1.807, 2.05) is 24.0 Å². The molecule has 0 atom stereocenters. The van der Waals surface area contributed by atoms with E-state index in [-0.39, 0.29) is 5.91 Å². The minimum atomic E-state index is -0.00289. The molecule has 2 aromatic rings. The Morgan fingerprint density at radius 3 is 2.15 bits per heavy atom. The summed E-state index contributed by atoms with van der Waals surface area (Å²) in [6, 6.07) is 9.32. The van der Waals surface area contributed by atoms with Gasteiger partial charge in [0.1, 0.15) is 17.5 Å². The molecule has 0 N–H and O–H groups in total. The van der Waals surface area contributed by atoms with Crippen LogP contribution >= 0.6 is 11.6 Å². The van der Waals surface area contributed by atoms with Crippen molar-refractivity contribution in [3.63, 3.8) is 0 Å². The van der Waals surface area contributed by atoms with Crippen LogP contribution in [-0.4, -0.2) is 60.0 Å². The Balaban J connectivity index is 1.45. The van der Waals surface area contributed by atoms with E-state index in [0.717, 1.165) is 43.6 Å². The van der Waals surface area contributed by atoms with Crippen LogP contribution in [0.2, 0.25) is 5.02 Å². The van der Waals surface area contributed by atoms with Crippen LogP contribution in [0.1, 0.15) is 29.0 Å². The lowest BCUT2D eigenvalue weighted by molar-refractivity contribution is 0.0746. The quantitative estimate of drug-likeness (QED) is 0.813. The highest BCUT2D eigenvalue weighted by Gasteiger charge is 2.25. The summed E-state index contributed by atoms with van der Waals surface area (Å²) in [6.07, 6.45) is 2.45. The second kappa shape index (κ2) is 7.72. The van der Waals surface area contributed by atoms with Crippen molar-refractivity contribution in [1.82, 2.24) is 14.9 Å². The van der Waals surface area contributed by atoms with Crippen molar-refractivity contribution < 1.29 is 4.79 Å². The van der Waals surface area contributed by atoms with E-state index >= 15 is 0 Å². The van der Waals surface area contributed by atoms with Crippen molar-refractivity contribution >= 4 is 29.1 Å². The predicted molar refractivity (Wildman–Crippen MR) is 108 cm³/mol. The Hall–Kier alpha value is -2.34. The number of aryl methyl sites for hydroxylation is 1. The Labute approximate surface area is 164 Å². The van der Waals surface area contributed by atoms with Crippen LogP contribution in [0, 0.1) is 6.92 Å². The highest BCUT2D eigenvalue weighted by molar-refractivity contribution is 6.33. The molecule has 142 valence electrons. The summed E-state index contributed by atoms with van der Waals surface area (Å²) in [5.41, 5.74) is 0.571. The third kappa shape index (κ3) is 3.86. The summed E-state index contributed by atoms with van der Waals surface area (Å²) < 4.78 is 0. The second-order valence-corrected chi connectivity index (χ2v) is 7.49. The average molecular weight is 386 g/mol. The molecule has 3 heterocycles. The summed E-state index contributed by atoms with van der Waals surface area (Å²) in [5.74, 6) is 2.76. The molecule has 0 bridgehead atoms. The zero-order chi connectivity index (χ0) is 18.8. The second-order valence-electron chi connectivity index (χ2n) is 7.08. The number of halogens is 1. The summed E-state index contributed by atoms with van der Waals surface area (Å²) in [7, 11) is 0. The molecule has 1 amide bonds. The molecule has 7 heteroatoms. The fourth-order valence-electron chi connectivity index (χ4n) is 3.75. The number of hydrogen-bond donors (Lipinski definition) is 0. The molecule has 0 unspecified atom stereocenters. The number of hydrogen-bond acceptors (Lipinski definition) is 5. The number of aromatic nitrogens is 2. The van der Waals surface area contributed by atoms with Crippen molar-refractivity contribution in [3.8, 4) is 0 Å². The van der Waals surface area contributed by atoms with Crippen LogP contribution < -0.4 is 9.80 Å². The van der Waals surface area contributed by atoms with E-state index in [1.165, 1.54) is 12.8 Å². The molecule has 2 fully saturated rings. The van der Waals surface area contributed by atoms with Crippen molar-refractivity contribution in [3.05, 3.63) is 46.7 Å². The van der Waals surface area contributed by atoms with Gasteiger partial charge in [-0.05, 0) is 31.9 Å². The monoisotopic (exact) mass is 385 g/mol. The van der Waals surface area contributed by atoms with Gasteiger partial charge in [0, 0.05) is 45.3 Å². The fourth-order valence-corrected chi connectivity index (χ4v) is 3.97. The van der Waals surface area contributed by atoms with Gasteiger partial charge in [0.15, 0.2) is 0 Å². The van der Waals surface area contributed by atoms with E-state index in [2.05, 4.69) is 25.8 Å². The number of piperazine rings is 1. The van der Waals surface area contributed by atoms with Crippen LogP contribution in [0.5, 0.6) is 0 Å². The third-order valence-corrected chi connectivity index (χ3v) is 5.57. The van der Waals surface area contributed by atoms with Crippen molar-refractivity contribution in [2.45, 2.75) is 19.8 Å². The van der Waals surface area contributed by atoms with Gasteiger partial charge in [-0.2, -0.15) is 0 Å². The summed E-state index contributed by atoms with van der Waals surface area (Å²) in [4.78, 5) is 28.4. The topological polar surface area (TPSA) is 52.6 Å². The zero-order valence-corrected chi connectivity index (χ0v) is 16.3. The van der Waals surface area contributed by atoms with Crippen LogP contribution in [0.3, 0.4) is 0 Å². The van der Waals surface area contributed by atoms with Crippen LogP contribution in [0.15, 0.2) is 30.3 Å². The van der Waals surface area contributed by atoms with E-state index in [4.69, 9.17) is 11.6 Å². The normalized spacial score (nSPS) is 17.5. The molecule has 1 aromatic heterocycles. The maximum absolute atomic E-state index is 12.7. The first-order chi connectivity index (χ1) is 13.1. The molecule has 27 heavy (non-hydrogen) atoms. The number of carbonyl (C=O) groups excluding carboxylic acids is 1. The van der Waals surface area contributed by atoms with Crippen molar-refractivity contribution in [2.24, 2.45) is 0 Å². The minimum absolute atomic E-state index is 0.00289. The van der Waals surface area contributed by atoms with E-state index in [0.29, 0.717) is 23.7 Å². The summed E-state index contributed by atoms with van der Waals surface area (Å²) >= 11 is 6.18. The minimum Gasteiger partial charge on any atom is -0.356 e. The lowest BCUT2D eigenvalue weighted by Crippen LogP contribution is -2.49. The molecule has 0 saturated carbocycles. The highest BCUT2D eigenvalue weighted by Crippen LogP contribution is 2.24. The average Bonchev–Trinajstić information content (AvgIpc) is 3.22. The molecule has 2 aliphatic rings.